The summed E-state index contributed by atoms with van der Waals surface area (Å²) in [5, 5.41) is 11.8. The van der Waals surface area contributed by atoms with Gasteiger partial charge >= 0.3 is 5.97 Å². The van der Waals surface area contributed by atoms with Crippen LogP contribution in [0.2, 0.25) is 0 Å². The van der Waals surface area contributed by atoms with Crippen LogP contribution in [0.3, 0.4) is 0 Å². The van der Waals surface area contributed by atoms with E-state index >= 15 is 0 Å². The number of carboxylic acid groups (broad SMARTS) is 1. The van der Waals surface area contributed by atoms with Gasteiger partial charge in [-0.3, -0.25) is 9.59 Å². The summed E-state index contributed by atoms with van der Waals surface area (Å²) < 4.78 is 32.0. The molecule has 8 nitrogen and oxygen atoms in total. The zero-order valence-electron chi connectivity index (χ0n) is 12.4. The van der Waals surface area contributed by atoms with Crippen LogP contribution in [-0.2, 0) is 19.6 Å². The van der Waals surface area contributed by atoms with Crippen molar-refractivity contribution >= 4 is 27.6 Å². The van der Waals surface area contributed by atoms with E-state index in [0.29, 0.717) is 24.1 Å². The Labute approximate surface area is 133 Å². The third kappa shape index (κ3) is 2.66. The Morgan fingerprint density at radius 2 is 2.17 bits per heavy atom. The lowest BCUT2D eigenvalue weighted by molar-refractivity contribution is -0.140. The van der Waals surface area contributed by atoms with E-state index in [0.717, 1.165) is 4.31 Å². The fourth-order valence-corrected chi connectivity index (χ4v) is 4.77. The number of aliphatic carboxylic acids is 1. The number of hydrogen-bond acceptors (Lipinski definition) is 5. The molecule has 2 N–H and O–H groups in total. The van der Waals surface area contributed by atoms with Crippen LogP contribution in [0.25, 0.3) is 0 Å². The van der Waals surface area contributed by atoms with E-state index in [2.05, 4.69) is 5.32 Å². The molecule has 0 saturated carbocycles. The lowest BCUT2D eigenvalue weighted by Gasteiger charge is -2.24. The highest BCUT2D eigenvalue weighted by Crippen LogP contribution is 2.35. The van der Waals surface area contributed by atoms with Crippen molar-refractivity contribution in [2.24, 2.45) is 0 Å². The summed E-state index contributed by atoms with van der Waals surface area (Å²) in [7, 11) is -3.95. The van der Waals surface area contributed by atoms with E-state index in [1.807, 2.05) is 0 Å². The number of nitrogens with zero attached hydrogens (tertiary/aromatic N) is 1. The number of sulfonamides is 1. The maximum atomic E-state index is 12.8. The molecule has 2 heterocycles. The molecular formula is C14H16N2O6S. The van der Waals surface area contributed by atoms with Crippen LogP contribution in [-0.4, -0.2) is 48.9 Å². The van der Waals surface area contributed by atoms with Gasteiger partial charge in [0.2, 0.25) is 10.0 Å². The summed E-state index contributed by atoms with van der Waals surface area (Å²) >= 11 is 0. The van der Waals surface area contributed by atoms with Gasteiger partial charge in [0.1, 0.15) is 11.8 Å². The van der Waals surface area contributed by atoms with Crippen LogP contribution in [0, 0.1) is 6.92 Å². The maximum Gasteiger partial charge on any atom is 0.322 e. The summed E-state index contributed by atoms with van der Waals surface area (Å²) in [6.45, 7) is 1.59. The van der Waals surface area contributed by atoms with Crippen molar-refractivity contribution in [3.05, 3.63) is 17.7 Å². The largest absolute Gasteiger partial charge is 0.482 e. The van der Waals surface area contributed by atoms with Gasteiger partial charge in [-0.15, -0.1) is 0 Å². The van der Waals surface area contributed by atoms with Gasteiger partial charge in [0.05, 0.1) is 10.6 Å². The molecule has 1 saturated heterocycles. The molecule has 3 rings (SSSR count). The van der Waals surface area contributed by atoms with Crippen molar-refractivity contribution in [3.63, 3.8) is 0 Å². The maximum absolute atomic E-state index is 12.8. The van der Waals surface area contributed by atoms with Gasteiger partial charge in [-0.1, -0.05) is 0 Å². The SMILES string of the molecule is Cc1cc2c(cc1S(=O)(=O)N1CCCC1C(=O)O)OCC(=O)N2. The predicted octanol–water partition coefficient (Wildman–Crippen LogP) is 0.564. The number of rotatable bonds is 3. The van der Waals surface area contributed by atoms with Gasteiger partial charge < -0.3 is 15.2 Å². The number of amides is 1. The molecule has 0 radical (unpaired) electrons. The van der Waals surface area contributed by atoms with Crippen molar-refractivity contribution in [1.29, 1.82) is 0 Å². The molecule has 1 aromatic carbocycles. The van der Waals surface area contributed by atoms with E-state index in [4.69, 9.17) is 4.74 Å². The number of carbonyl (C=O) groups is 2. The van der Waals surface area contributed by atoms with Crippen LogP contribution < -0.4 is 10.1 Å². The standard InChI is InChI=1S/C14H16N2O6S/c1-8-5-9-11(22-7-13(17)15-9)6-12(8)23(20,21)16-4-2-3-10(16)14(18)19/h5-6,10H,2-4,7H2,1H3,(H,15,17)(H,18,19). The van der Waals surface area contributed by atoms with Gasteiger partial charge in [0.15, 0.2) is 6.61 Å². The van der Waals surface area contributed by atoms with Crippen molar-refractivity contribution < 1.29 is 27.9 Å². The molecule has 0 aliphatic carbocycles. The molecule has 23 heavy (non-hydrogen) atoms. The molecule has 0 aromatic heterocycles. The Morgan fingerprint density at radius 3 is 2.87 bits per heavy atom. The van der Waals surface area contributed by atoms with Crippen LogP contribution in [0.1, 0.15) is 18.4 Å². The molecule has 0 bridgehead atoms. The van der Waals surface area contributed by atoms with E-state index in [1.54, 1.807) is 6.92 Å². The lowest BCUT2D eigenvalue weighted by atomic mass is 10.2. The normalized spacial score (nSPS) is 21.4. The summed E-state index contributed by atoms with van der Waals surface area (Å²) in [6.07, 6.45) is 0.803. The highest BCUT2D eigenvalue weighted by molar-refractivity contribution is 7.89. The highest BCUT2D eigenvalue weighted by atomic mass is 32.2. The molecule has 1 amide bonds. The van der Waals surface area contributed by atoms with E-state index < -0.39 is 22.0 Å². The van der Waals surface area contributed by atoms with Gasteiger partial charge in [0, 0.05) is 12.6 Å². The molecule has 124 valence electrons. The van der Waals surface area contributed by atoms with Gasteiger partial charge in [-0.05, 0) is 31.4 Å². The second-order valence-corrected chi connectivity index (χ2v) is 7.42. The van der Waals surface area contributed by atoms with Crippen molar-refractivity contribution in [3.8, 4) is 5.75 Å². The monoisotopic (exact) mass is 340 g/mol. The molecule has 9 heteroatoms. The molecule has 0 spiro atoms. The fraction of sp³-hybridized carbons (Fsp3) is 0.429. The minimum atomic E-state index is -3.95. The molecule has 2 aliphatic rings. The van der Waals surface area contributed by atoms with Crippen molar-refractivity contribution in [2.45, 2.75) is 30.7 Å². The molecule has 1 atom stereocenters. The molecule has 2 aliphatic heterocycles. The average molecular weight is 340 g/mol. The smallest absolute Gasteiger partial charge is 0.322 e. The number of carbonyl (C=O) groups excluding carboxylic acids is 1. The fourth-order valence-electron chi connectivity index (χ4n) is 2.89. The Balaban J connectivity index is 2.04. The average Bonchev–Trinajstić information content (AvgIpc) is 2.96. The van der Waals surface area contributed by atoms with Crippen LogP contribution in [0.4, 0.5) is 5.69 Å². The second-order valence-electron chi connectivity index (χ2n) is 5.56. The molecular weight excluding hydrogens is 324 g/mol. The van der Waals surface area contributed by atoms with Crippen molar-refractivity contribution in [2.75, 3.05) is 18.5 Å². The quantitative estimate of drug-likeness (QED) is 0.831. The minimum absolute atomic E-state index is 0.000508. The number of aryl methyl sites for hydroxylation is 1. The topological polar surface area (TPSA) is 113 Å². The van der Waals surface area contributed by atoms with Gasteiger partial charge in [-0.2, -0.15) is 4.31 Å². The number of anilines is 1. The van der Waals surface area contributed by atoms with Crippen molar-refractivity contribution in [1.82, 2.24) is 4.31 Å². The van der Waals surface area contributed by atoms with Gasteiger partial charge in [0.25, 0.3) is 5.91 Å². The lowest BCUT2D eigenvalue weighted by Crippen LogP contribution is -2.40. The predicted molar refractivity (Wildman–Crippen MR) is 79.9 cm³/mol. The highest BCUT2D eigenvalue weighted by Gasteiger charge is 2.40. The summed E-state index contributed by atoms with van der Waals surface area (Å²) in [4.78, 5) is 22.6. The summed E-state index contributed by atoms with van der Waals surface area (Å²) in [6, 6.07) is 1.82. The summed E-state index contributed by atoms with van der Waals surface area (Å²) in [5.74, 6) is -1.19. The molecule has 1 fully saturated rings. The number of hydrogen-bond donors (Lipinski definition) is 2. The molecule has 1 unspecified atom stereocenters. The Morgan fingerprint density at radius 1 is 1.43 bits per heavy atom. The second kappa shape index (κ2) is 5.50. The van der Waals surface area contributed by atoms with E-state index in [9.17, 15) is 23.1 Å². The number of ether oxygens (including phenoxy) is 1. The Hall–Kier alpha value is -2.13. The van der Waals surface area contributed by atoms with Crippen LogP contribution >= 0.6 is 0 Å². The summed E-state index contributed by atoms with van der Waals surface area (Å²) in [5.41, 5.74) is 0.833. The minimum Gasteiger partial charge on any atom is -0.482 e. The third-order valence-corrected chi connectivity index (χ3v) is 6.04. The Kier molecular flexibility index (Phi) is 3.77. The number of benzene rings is 1. The zero-order chi connectivity index (χ0) is 16.8. The first kappa shape index (κ1) is 15.8. The Bertz CT molecular complexity index is 789. The number of fused-ring (bicyclic) bond motifs is 1. The third-order valence-electron chi connectivity index (χ3n) is 3.99. The van der Waals surface area contributed by atoms with Gasteiger partial charge in [-0.25, -0.2) is 8.42 Å². The first-order valence-electron chi connectivity index (χ1n) is 7.12. The first-order chi connectivity index (χ1) is 10.8. The van der Waals surface area contributed by atoms with Crippen LogP contribution in [0.5, 0.6) is 5.75 Å². The van der Waals surface area contributed by atoms with E-state index in [-0.39, 0.29) is 29.7 Å². The molecule has 1 aromatic rings. The zero-order valence-corrected chi connectivity index (χ0v) is 13.2. The number of carboxylic acids is 1. The first-order valence-corrected chi connectivity index (χ1v) is 8.56. The van der Waals surface area contributed by atoms with Crippen LogP contribution in [0.15, 0.2) is 17.0 Å². The number of nitrogens with one attached hydrogen (secondary N) is 1. The van der Waals surface area contributed by atoms with E-state index in [1.165, 1.54) is 12.1 Å².